The van der Waals surface area contributed by atoms with Gasteiger partial charge in [0.15, 0.2) is 11.5 Å². The fraction of sp³-hybridized carbons (Fsp3) is 0.520. The van der Waals surface area contributed by atoms with E-state index in [-0.39, 0.29) is 24.0 Å². The maximum absolute atomic E-state index is 11.6. The number of fused-ring (bicyclic) bond motifs is 3. The largest absolute Gasteiger partial charge is 0.493 e. The highest BCUT2D eigenvalue weighted by Gasteiger charge is 2.39. The van der Waals surface area contributed by atoms with E-state index in [1.54, 1.807) is 20.4 Å². The molecule has 1 aliphatic heterocycles. The highest BCUT2D eigenvalue weighted by molar-refractivity contribution is 6.16. The van der Waals surface area contributed by atoms with Crippen LogP contribution in [0.3, 0.4) is 0 Å². The van der Waals surface area contributed by atoms with Crippen molar-refractivity contribution >= 4 is 17.6 Å². The number of carbonyl (C=O) groups is 1. The first-order valence-electron chi connectivity index (χ1n) is 11.5. The zero-order chi connectivity index (χ0) is 24.4. The van der Waals surface area contributed by atoms with Crippen LogP contribution in [-0.2, 0) is 9.53 Å². The summed E-state index contributed by atoms with van der Waals surface area (Å²) in [6.07, 6.45) is 3.92. The summed E-state index contributed by atoms with van der Waals surface area (Å²) in [4.78, 5) is 27.7. The zero-order valence-corrected chi connectivity index (χ0v) is 20.6. The molecule has 4 rings (SSSR count). The molecule has 1 aliphatic carbocycles. The number of carbonyl (C=O) groups excluding carboxylic acids is 1. The number of aromatic nitrogens is 2. The smallest absolute Gasteiger partial charge is 0.302 e. The summed E-state index contributed by atoms with van der Waals surface area (Å²) in [5.41, 5.74) is 3.51. The van der Waals surface area contributed by atoms with E-state index in [0.29, 0.717) is 36.4 Å². The highest BCUT2D eigenvalue weighted by atomic mass is 16.5. The van der Waals surface area contributed by atoms with E-state index in [1.165, 1.54) is 6.92 Å². The van der Waals surface area contributed by atoms with Gasteiger partial charge in [0.25, 0.3) is 0 Å². The van der Waals surface area contributed by atoms with Crippen molar-refractivity contribution in [3.63, 3.8) is 0 Å². The molecule has 1 aromatic carbocycles. The summed E-state index contributed by atoms with van der Waals surface area (Å²) < 4.78 is 22.8. The van der Waals surface area contributed by atoms with E-state index in [1.807, 2.05) is 38.1 Å². The van der Waals surface area contributed by atoms with Crippen molar-refractivity contribution in [2.75, 3.05) is 39.8 Å². The Bertz CT molecular complexity index is 1100. The minimum atomic E-state index is -0.253. The van der Waals surface area contributed by atoms with Gasteiger partial charge >= 0.3 is 5.97 Å². The van der Waals surface area contributed by atoms with Crippen molar-refractivity contribution in [3.8, 4) is 17.4 Å². The summed E-state index contributed by atoms with van der Waals surface area (Å²) in [7, 11) is 6.99. The first-order valence-corrected chi connectivity index (χ1v) is 11.5. The van der Waals surface area contributed by atoms with Crippen molar-refractivity contribution in [1.82, 2.24) is 9.97 Å². The van der Waals surface area contributed by atoms with Gasteiger partial charge in [-0.2, -0.15) is 4.98 Å². The molecule has 182 valence electrons. The lowest BCUT2D eigenvalue weighted by atomic mass is 9.74. The van der Waals surface area contributed by atoms with Gasteiger partial charge in [-0.25, -0.2) is 4.98 Å². The number of anilines is 1. The van der Waals surface area contributed by atoms with Crippen molar-refractivity contribution in [3.05, 3.63) is 35.0 Å². The van der Waals surface area contributed by atoms with E-state index in [0.717, 1.165) is 35.2 Å². The van der Waals surface area contributed by atoms with Crippen molar-refractivity contribution < 1.29 is 23.7 Å². The highest BCUT2D eigenvalue weighted by Crippen LogP contribution is 2.46. The predicted molar refractivity (Wildman–Crippen MR) is 129 cm³/mol. The predicted octanol–water partition coefficient (Wildman–Crippen LogP) is 3.38. The molecule has 2 heterocycles. The first kappa shape index (κ1) is 23.8. The Kier molecular flexibility index (Phi) is 6.90. The lowest BCUT2D eigenvalue weighted by Gasteiger charge is -2.38. The number of ether oxygens (including phenoxy) is 4. The van der Waals surface area contributed by atoms with E-state index < -0.39 is 0 Å². The Labute approximate surface area is 200 Å². The molecule has 0 amide bonds. The van der Waals surface area contributed by atoms with Crippen LogP contribution in [0.25, 0.3) is 0 Å². The summed E-state index contributed by atoms with van der Waals surface area (Å²) >= 11 is 0. The van der Waals surface area contributed by atoms with Crippen LogP contribution in [0.5, 0.6) is 17.4 Å². The quantitative estimate of drug-likeness (QED) is 0.571. The van der Waals surface area contributed by atoms with Gasteiger partial charge in [0.1, 0.15) is 6.10 Å². The Balaban J connectivity index is 1.86. The Morgan fingerprint density at radius 1 is 1.12 bits per heavy atom. The Morgan fingerprint density at radius 3 is 2.56 bits per heavy atom. The number of aliphatic imine (C=N–C) groups is 1. The normalized spacial score (nSPS) is 21.0. The van der Waals surface area contributed by atoms with Crippen LogP contribution in [0.2, 0.25) is 0 Å². The van der Waals surface area contributed by atoms with Gasteiger partial charge < -0.3 is 23.8 Å². The second-order valence-corrected chi connectivity index (χ2v) is 8.71. The van der Waals surface area contributed by atoms with Crippen LogP contribution in [0, 0.1) is 0 Å². The molecule has 0 spiro atoms. The van der Waals surface area contributed by atoms with Gasteiger partial charge in [0.2, 0.25) is 11.8 Å². The second-order valence-electron chi connectivity index (χ2n) is 8.71. The number of rotatable bonds is 7. The third-order valence-electron chi connectivity index (χ3n) is 6.27. The maximum Gasteiger partial charge on any atom is 0.302 e. The maximum atomic E-state index is 11.6. The number of methoxy groups -OCH3 is 2. The van der Waals surface area contributed by atoms with Crippen molar-refractivity contribution in [2.24, 2.45) is 4.99 Å². The number of nitrogens with zero attached hydrogens (tertiary/aromatic N) is 4. The van der Waals surface area contributed by atoms with E-state index in [2.05, 4.69) is 9.97 Å². The summed E-state index contributed by atoms with van der Waals surface area (Å²) in [5, 5.41) is 0. The van der Waals surface area contributed by atoms with Crippen molar-refractivity contribution in [2.45, 2.75) is 51.2 Å². The molecular formula is C25H32N4O5. The molecule has 0 saturated heterocycles. The molecule has 0 radical (unpaired) electrons. The molecule has 3 atom stereocenters. The summed E-state index contributed by atoms with van der Waals surface area (Å²) in [6.45, 7) is 3.92. The van der Waals surface area contributed by atoms with E-state index >= 15 is 0 Å². The molecule has 2 aliphatic rings. The first-order chi connectivity index (χ1) is 16.4. The van der Waals surface area contributed by atoms with Gasteiger partial charge in [0, 0.05) is 38.7 Å². The SMILES string of the molecule is CCOc1cc2c(cc1OC)C(c1cnc(N(C)C)nc1OC)=N[C@@H]1CC[C@@H](OC(C)=O)C[C@H]21. The molecule has 34 heavy (non-hydrogen) atoms. The Hall–Kier alpha value is -3.36. The topological polar surface area (TPSA) is 95.4 Å². The molecule has 0 bridgehead atoms. The van der Waals surface area contributed by atoms with E-state index in [4.69, 9.17) is 23.9 Å². The fourth-order valence-corrected chi connectivity index (χ4v) is 4.80. The van der Waals surface area contributed by atoms with Crippen LogP contribution in [-0.4, -0.2) is 68.7 Å². The summed E-state index contributed by atoms with van der Waals surface area (Å²) in [6, 6.07) is 4.04. The van der Waals surface area contributed by atoms with Crippen LogP contribution in [0.15, 0.2) is 23.3 Å². The lowest BCUT2D eigenvalue weighted by Crippen LogP contribution is -2.36. The molecule has 1 aromatic heterocycles. The van der Waals surface area contributed by atoms with Crippen LogP contribution in [0.4, 0.5) is 5.95 Å². The standard InChI is InChI=1S/C25H32N4O5/c1-7-33-22-11-16-17-10-15(34-14(2)30)8-9-20(17)27-23(18(16)12-21(22)31-5)19-13-26-25(29(3)4)28-24(19)32-6/h11-13,15,17,20H,7-10H2,1-6H3/t15-,17-,20-/m1/s1. The molecule has 2 aromatic rings. The van der Waals surface area contributed by atoms with Gasteiger partial charge in [0.05, 0.1) is 38.1 Å². The average molecular weight is 469 g/mol. The monoisotopic (exact) mass is 468 g/mol. The number of benzene rings is 1. The fourth-order valence-electron chi connectivity index (χ4n) is 4.80. The average Bonchev–Trinajstić information content (AvgIpc) is 2.82. The molecule has 1 saturated carbocycles. The third-order valence-corrected chi connectivity index (χ3v) is 6.27. The molecule has 0 N–H and O–H groups in total. The van der Waals surface area contributed by atoms with Crippen LogP contribution >= 0.6 is 0 Å². The Morgan fingerprint density at radius 2 is 1.91 bits per heavy atom. The van der Waals surface area contributed by atoms with E-state index in [9.17, 15) is 4.79 Å². The number of esters is 1. The number of hydrogen-bond acceptors (Lipinski definition) is 9. The van der Waals surface area contributed by atoms with Gasteiger partial charge in [-0.05, 0) is 43.9 Å². The molecule has 1 fully saturated rings. The molecule has 9 heteroatoms. The molecule has 9 nitrogen and oxygen atoms in total. The second kappa shape index (κ2) is 9.87. The van der Waals surface area contributed by atoms with Gasteiger partial charge in [-0.3, -0.25) is 9.79 Å². The zero-order valence-electron chi connectivity index (χ0n) is 20.6. The number of hydrogen-bond donors (Lipinski definition) is 0. The minimum Gasteiger partial charge on any atom is -0.493 e. The lowest BCUT2D eigenvalue weighted by molar-refractivity contribution is -0.148. The molecular weight excluding hydrogens is 436 g/mol. The van der Waals surface area contributed by atoms with Crippen LogP contribution in [0.1, 0.15) is 55.7 Å². The van der Waals surface area contributed by atoms with Gasteiger partial charge in [-0.1, -0.05) is 0 Å². The minimum absolute atomic E-state index is 0.0374. The van der Waals surface area contributed by atoms with Gasteiger partial charge in [-0.15, -0.1) is 0 Å². The summed E-state index contributed by atoms with van der Waals surface area (Å²) in [5.74, 6) is 2.17. The third kappa shape index (κ3) is 4.51. The molecule has 0 unspecified atom stereocenters. The van der Waals surface area contributed by atoms with Crippen molar-refractivity contribution in [1.29, 1.82) is 0 Å². The van der Waals surface area contributed by atoms with Crippen LogP contribution < -0.4 is 19.1 Å².